The van der Waals surface area contributed by atoms with Crippen molar-refractivity contribution >= 4 is 23.4 Å². The molecule has 8 nitrogen and oxygen atoms in total. The number of Topliss-reactive ketones (excluding diaryl/α,β-unsaturated/α-hetero) is 1. The summed E-state index contributed by atoms with van der Waals surface area (Å²) in [4.78, 5) is 41.6. The van der Waals surface area contributed by atoms with Crippen molar-refractivity contribution in [1.29, 1.82) is 0 Å². The van der Waals surface area contributed by atoms with Crippen molar-refractivity contribution in [3.05, 3.63) is 89.1 Å². The number of hydrogen-bond acceptors (Lipinski definition) is 5. The molecule has 0 unspecified atom stereocenters. The Bertz CT molecular complexity index is 1310. The third kappa shape index (κ3) is 8.00. The zero-order valence-corrected chi connectivity index (χ0v) is 22.6. The van der Waals surface area contributed by atoms with Crippen LogP contribution in [0.15, 0.2) is 65.3 Å². The fourth-order valence-electron chi connectivity index (χ4n) is 4.47. The molecule has 1 aliphatic heterocycles. The highest BCUT2D eigenvalue weighted by atomic mass is 19.1. The predicted octanol–water partition coefficient (Wildman–Crippen LogP) is 5.32. The molecule has 0 saturated carbocycles. The Hall–Kier alpha value is -3.98. The van der Waals surface area contributed by atoms with Crippen molar-refractivity contribution in [3.63, 3.8) is 0 Å². The molecule has 0 atom stereocenters. The molecule has 0 bridgehead atoms. The Labute approximate surface area is 228 Å². The van der Waals surface area contributed by atoms with Crippen LogP contribution in [0, 0.1) is 11.2 Å². The lowest BCUT2D eigenvalue weighted by Gasteiger charge is -2.35. The third-order valence-electron chi connectivity index (χ3n) is 6.47. The Kier molecular flexibility index (Phi) is 8.81. The van der Waals surface area contributed by atoms with E-state index >= 15 is 0 Å². The summed E-state index contributed by atoms with van der Waals surface area (Å²) in [7, 11) is 0. The summed E-state index contributed by atoms with van der Waals surface area (Å²) in [6.07, 6.45) is 2.00. The highest BCUT2D eigenvalue weighted by Crippen LogP contribution is 2.23. The molecule has 9 heteroatoms. The third-order valence-corrected chi connectivity index (χ3v) is 6.47. The van der Waals surface area contributed by atoms with Crippen LogP contribution in [-0.4, -0.2) is 53.7 Å². The first-order valence-corrected chi connectivity index (χ1v) is 13.1. The van der Waals surface area contributed by atoms with E-state index in [1.807, 2.05) is 24.3 Å². The first kappa shape index (κ1) is 28.0. The molecule has 3 amide bonds. The number of carbonyl (C=O) groups is 3. The van der Waals surface area contributed by atoms with Crippen LogP contribution in [0.4, 0.5) is 14.9 Å². The molecule has 1 saturated heterocycles. The number of furan rings is 1. The normalized spacial score (nSPS) is 14.2. The van der Waals surface area contributed by atoms with E-state index in [2.05, 4.69) is 36.3 Å². The summed E-state index contributed by atoms with van der Waals surface area (Å²) in [6.45, 7) is 9.39. The van der Waals surface area contributed by atoms with Gasteiger partial charge in [0.1, 0.15) is 11.6 Å². The molecule has 0 aliphatic carbocycles. The van der Waals surface area contributed by atoms with E-state index in [9.17, 15) is 18.8 Å². The number of rotatable bonds is 8. The Morgan fingerprint density at radius 3 is 2.38 bits per heavy atom. The summed E-state index contributed by atoms with van der Waals surface area (Å²) in [5, 5.41) is 5.03. The Morgan fingerprint density at radius 2 is 1.72 bits per heavy atom. The lowest BCUT2D eigenvalue weighted by Crippen LogP contribution is -2.48. The van der Waals surface area contributed by atoms with Crippen LogP contribution in [0.5, 0.6) is 0 Å². The smallest absolute Gasteiger partial charge is 0.319 e. The van der Waals surface area contributed by atoms with Gasteiger partial charge in [-0.25, -0.2) is 9.18 Å². The SMILES string of the molecule is CC(C)(C)CC(=O)c1cccc(CN2CCN(C(=O)c3ccc(NC(=O)NCc4ccco4)c(F)c3)CC2)c1. The number of nitrogens with zero attached hydrogens (tertiary/aromatic N) is 2. The molecule has 1 aliphatic rings. The van der Waals surface area contributed by atoms with Gasteiger partial charge in [-0.1, -0.05) is 39.0 Å². The van der Waals surface area contributed by atoms with Gasteiger partial charge in [0.25, 0.3) is 5.91 Å². The van der Waals surface area contributed by atoms with Crippen LogP contribution in [0.25, 0.3) is 0 Å². The second kappa shape index (κ2) is 12.3. The second-order valence-electron chi connectivity index (χ2n) is 11.0. The molecule has 2 heterocycles. The van der Waals surface area contributed by atoms with Crippen LogP contribution in [0.1, 0.15) is 59.2 Å². The quantitative estimate of drug-likeness (QED) is 0.382. The summed E-state index contributed by atoms with van der Waals surface area (Å²) < 4.78 is 19.8. The van der Waals surface area contributed by atoms with Crippen LogP contribution in [0.2, 0.25) is 0 Å². The molecule has 2 aromatic carbocycles. The molecular weight excluding hydrogens is 499 g/mol. The van der Waals surface area contributed by atoms with E-state index < -0.39 is 11.8 Å². The van der Waals surface area contributed by atoms with Crippen molar-refractivity contribution in [2.75, 3.05) is 31.5 Å². The number of benzene rings is 2. The number of hydrogen-bond donors (Lipinski definition) is 2. The maximum Gasteiger partial charge on any atom is 0.319 e. The molecule has 0 radical (unpaired) electrons. The van der Waals surface area contributed by atoms with Gasteiger partial charge in [-0.15, -0.1) is 0 Å². The highest BCUT2D eigenvalue weighted by molar-refractivity contribution is 5.97. The van der Waals surface area contributed by atoms with Crippen molar-refractivity contribution in [1.82, 2.24) is 15.1 Å². The van der Waals surface area contributed by atoms with E-state index in [4.69, 9.17) is 4.42 Å². The van der Waals surface area contributed by atoms with Crippen LogP contribution in [0.3, 0.4) is 0 Å². The van der Waals surface area contributed by atoms with Gasteiger partial charge in [0.2, 0.25) is 0 Å². The average Bonchev–Trinajstić information content (AvgIpc) is 3.42. The van der Waals surface area contributed by atoms with E-state index in [1.165, 1.54) is 18.4 Å². The van der Waals surface area contributed by atoms with Gasteiger partial charge in [0.05, 0.1) is 18.5 Å². The molecule has 1 fully saturated rings. The molecule has 3 aromatic rings. The fourth-order valence-corrected chi connectivity index (χ4v) is 4.47. The lowest BCUT2D eigenvalue weighted by molar-refractivity contribution is 0.0627. The predicted molar refractivity (Wildman–Crippen MR) is 147 cm³/mol. The maximum absolute atomic E-state index is 14.7. The van der Waals surface area contributed by atoms with Crippen molar-refractivity contribution < 1.29 is 23.2 Å². The Morgan fingerprint density at radius 1 is 0.949 bits per heavy atom. The van der Waals surface area contributed by atoms with Crippen molar-refractivity contribution in [2.24, 2.45) is 5.41 Å². The van der Waals surface area contributed by atoms with Gasteiger partial charge in [-0.3, -0.25) is 14.5 Å². The van der Waals surface area contributed by atoms with E-state index in [-0.39, 0.29) is 34.9 Å². The molecule has 0 spiro atoms. The topological polar surface area (TPSA) is 94.9 Å². The first-order valence-electron chi connectivity index (χ1n) is 13.1. The highest BCUT2D eigenvalue weighted by Gasteiger charge is 2.24. The minimum Gasteiger partial charge on any atom is -0.467 e. The Balaban J connectivity index is 1.27. The number of nitrogens with one attached hydrogen (secondary N) is 2. The number of amides is 3. The molecule has 206 valence electrons. The van der Waals surface area contributed by atoms with Gasteiger partial charge in [-0.2, -0.15) is 0 Å². The minimum absolute atomic E-state index is 0.0171. The number of piperazine rings is 1. The number of ketones is 1. The molecule has 39 heavy (non-hydrogen) atoms. The summed E-state index contributed by atoms with van der Waals surface area (Å²) >= 11 is 0. The van der Waals surface area contributed by atoms with Gasteiger partial charge < -0.3 is 20.0 Å². The number of carbonyl (C=O) groups excluding carboxylic acids is 3. The summed E-state index contributed by atoms with van der Waals surface area (Å²) in [6, 6.07) is 14.7. The zero-order valence-electron chi connectivity index (χ0n) is 22.6. The molecule has 2 N–H and O–H groups in total. The number of urea groups is 1. The second-order valence-corrected chi connectivity index (χ2v) is 11.0. The van der Waals surface area contributed by atoms with Crippen LogP contribution < -0.4 is 10.6 Å². The number of halogens is 1. The van der Waals surface area contributed by atoms with Gasteiger partial charge in [0, 0.05) is 50.3 Å². The monoisotopic (exact) mass is 534 g/mol. The zero-order chi connectivity index (χ0) is 28.0. The average molecular weight is 535 g/mol. The standard InChI is InChI=1S/C30H35FN4O4/c1-30(2,3)18-27(36)22-7-4-6-21(16-22)20-34-11-13-35(14-12-34)28(37)23-9-10-26(25(31)17-23)33-29(38)32-19-24-8-5-15-39-24/h4-10,15-17H,11-14,18-20H2,1-3H3,(H2,32,33,38). The molecular formula is C30H35FN4O4. The maximum atomic E-state index is 14.7. The summed E-state index contributed by atoms with van der Waals surface area (Å²) in [5.41, 5.74) is 1.94. The molecule has 4 rings (SSSR count). The van der Waals surface area contributed by atoms with Crippen molar-refractivity contribution in [2.45, 2.75) is 40.3 Å². The summed E-state index contributed by atoms with van der Waals surface area (Å²) in [5.74, 6) is -0.222. The van der Waals surface area contributed by atoms with E-state index in [0.29, 0.717) is 44.9 Å². The van der Waals surface area contributed by atoms with Crippen LogP contribution >= 0.6 is 0 Å². The number of anilines is 1. The molecule has 1 aromatic heterocycles. The van der Waals surface area contributed by atoms with Gasteiger partial charge in [0.15, 0.2) is 5.78 Å². The minimum atomic E-state index is -0.687. The largest absolute Gasteiger partial charge is 0.467 e. The first-order chi connectivity index (χ1) is 18.6. The van der Waals surface area contributed by atoms with Gasteiger partial charge >= 0.3 is 6.03 Å². The van der Waals surface area contributed by atoms with E-state index in [1.54, 1.807) is 17.0 Å². The fraction of sp³-hybridized carbons (Fsp3) is 0.367. The van der Waals surface area contributed by atoms with Gasteiger partial charge in [-0.05, 0) is 47.4 Å². The lowest BCUT2D eigenvalue weighted by atomic mass is 9.87. The van der Waals surface area contributed by atoms with E-state index in [0.717, 1.165) is 17.2 Å². The van der Waals surface area contributed by atoms with Crippen molar-refractivity contribution in [3.8, 4) is 0 Å². The van der Waals surface area contributed by atoms with Crippen LogP contribution in [-0.2, 0) is 13.1 Å².